The highest BCUT2D eigenvalue weighted by atomic mass is 19.1. The van der Waals surface area contributed by atoms with Crippen molar-refractivity contribution in [3.8, 4) is 0 Å². The zero-order valence-corrected chi connectivity index (χ0v) is 12.0. The fraction of sp³-hybridized carbons (Fsp3) is 0.571. The van der Waals surface area contributed by atoms with Gasteiger partial charge in [-0.15, -0.1) is 0 Å². The summed E-state index contributed by atoms with van der Waals surface area (Å²) in [5.74, 6) is -1.87. The maximum Gasteiger partial charge on any atom is 0.286 e. The first-order chi connectivity index (χ1) is 10.4. The molecule has 4 N–H and O–H groups in total. The molecular formula is C14H19F2N3O3. The average molecular weight is 315 g/mol. The highest BCUT2D eigenvalue weighted by molar-refractivity contribution is 5.92. The second-order valence-corrected chi connectivity index (χ2v) is 5.49. The second-order valence-electron chi connectivity index (χ2n) is 5.49. The quantitative estimate of drug-likeness (QED) is 0.748. The lowest BCUT2D eigenvalue weighted by molar-refractivity contribution is -0.122. The van der Waals surface area contributed by atoms with Crippen LogP contribution in [-0.4, -0.2) is 34.4 Å². The number of nitrogens with two attached hydrogens (primary N) is 1. The van der Waals surface area contributed by atoms with Gasteiger partial charge in [-0.25, -0.2) is 8.78 Å². The average Bonchev–Trinajstić information content (AvgIpc) is 2.47. The Bertz CT molecular complexity index is 605. The van der Waals surface area contributed by atoms with Gasteiger partial charge in [0.1, 0.15) is 6.67 Å². The summed E-state index contributed by atoms with van der Waals surface area (Å²) >= 11 is 0. The standard InChI is InChI=1S/C14H19F2N3O3/c15-3-4-19-7-9(6-10(16)14(19)22)18-13(21)8-1-2-11(17)12(20)5-8/h6-8,11-12,20H,1-5,17H2,(H,18,21). The lowest BCUT2D eigenvalue weighted by atomic mass is 9.84. The molecule has 1 saturated carbocycles. The summed E-state index contributed by atoms with van der Waals surface area (Å²) in [5.41, 5.74) is 4.83. The monoisotopic (exact) mass is 315 g/mol. The van der Waals surface area contributed by atoms with Crippen molar-refractivity contribution in [2.24, 2.45) is 11.7 Å². The first-order valence-corrected chi connectivity index (χ1v) is 7.13. The summed E-state index contributed by atoms with van der Waals surface area (Å²) < 4.78 is 26.7. The van der Waals surface area contributed by atoms with Crippen LogP contribution in [-0.2, 0) is 11.3 Å². The Balaban J connectivity index is 2.10. The summed E-state index contributed by atoms with van der Waals surface area (Å²) in [7, 11) is 0. The van der Waals surface area contributed by atoms with Gasteiger partial charge in [0.25, 0.3) is 5.56 Å². The van der Waals surface area contributed by atoms with Gasteiger partial charge in [0.05, 0.1) is 18.3 Å². The molecule has 0 spiro atoms. The van der Waals surface area contributed by atoms with Crippen molar-refractivity contribution >= 4 is 11.6 Å². The molecule has 1 aromatic rings. The van der Waals surface area contributed by atoms with Gasteiger partial charge in [-0.05, 0) is 19.3 Å². The number of pyridine rings is 1. The number of aliphatic hydroxyl groups is 1. The molecule has 8 heteroatoms. The van der Waals surface area contributed by atoms with Crippen LogP contribution in [0.2, 0.25) is 0 Å². The number of carbonyl (C=O) groups excluding carboxylic acids is 1. The van der Waals surface area contributed by atoms with Crippen molar-refractivity contribution in [1.82, 2.24) is 4.57 Å². The molecule has 2 rings (SSSR count). The minimum atomic E-state index is -1.06. The van der Waals surface area contributed by atoms with Gasteiger partial charge in [0.2, 0.25) is 5.91 Å². The van der Waals surface area contributed by atoms with E-state index in [0.717, 1.165) is 10.6 Å². The van der Waals surface area contributed by atoms with Gasteiger partial charge >= 0.3 is 0 Å². The van der Waals surface area contributed by atoms with E-state index in [2.05, 4.69) is 5.32 Å². The molecule has 0 radical (unpaired) electrons. The van der Waals surface area contributed by atoms with Crippen molar-refractivity contribution < 1.29 is 18.7 Å². The maximum absolute atomic E-state index is 13.5. The van der Waals surface area contributed by atoms with Crippen LogP contribution in [0.25, 0.3) is 0 Å². The van der Waals surface area contributed by atoms with E-state index in [-0.39, 0.29) is 30.6 Å². The van der Waals surface area contributed by atoms with Crippen LogP contribution in [0.3, 0.4) is 0 Å². The molecule has 0 bridgehead atoms. The van der Waals surface area contributed by atoms with E-state index < -0.39 is 30.1 Å². The van der Waals surface area contributed by atoms with Crippen LogP contribution in [0.15, 0.2) is 17.1 Å². The molecular weight excluding hydrogens is 296 g/mol. The van der Waals surface area contributed by atoms with E-state index in [1.54, 1.807) is 0 Å². The molecule has 0 aromatic carbocycles. The first-order valence-electron chi connectivity index (χ1n) is 7.13. The number of aromatic nitrogens is 1. The normalized spacial score (nSPS) is 25.0. The molecule has 1 amide bonds. The third-order valence-corrected chi connectivity index (χ3v) is 3.87. The Kier molecular flexibility index (Phi) is 5.25. The van der Waals surface area contributed by atoms with Crippen LogP contribution in [0.4, 0.5) is 14.5 Å². The molecule has 3 unspecified atom stereocenters. The van der Waals surface area contributed by atoms with Crippen molar-refractivity contribution in [2.75, 3.05) is 12.0 Å². The van der Waals surface area contributed by atoms with Gasteiger partial charge in [0, 0.05) is 24.2 Å². The summed E-state index contributed by atoms with van der Waals surface area (Å²) in [5, 5.41) is 12.2. The topological polar surface area (TPSA) is 97.4 Å². The summed E-state index contributed by atoms with van der Waals surface area (Å²) in [6.45, 7) is -1.10. The number of aliphatic hydroxyl groups excluding tert-OH is 1. The number of anilines is 1. The number of nitrogens with one attached hydrogen (secondary N) is 1. The molecule has 1 aliphatic carbocycles. The smallest absolute Gasteiger partial charge is 0.286 e. The zero-order chi connectivity index (χ0) is 16.3. The number of rotatable bonds is 4. The van der Waals surface area contributed by atoms with Gasteiger partial charge in [-0.1, -0.05) is 0 Å². The predicted molar refractivity (Wildman–Crippen MR) is 76.6 cm³/mol. The largest absolute Gasteiger partial charge is 0.391 e. The summed E-state index contributed by atoms with van der Waals surface area (Å²) in [6.07, 6.45) is 1.74. The van der Waals surface area contributed by atoms with Crippen LogP contribution in [0.1, 0.15) is 19.3 Å². The first kappa shape index (κ1) is 16.6. The molecule has 6 nitrogen and oxygen atoms in total. The van der Waals surface area contributed by atoms with Crippen molar-refractivity contribution in [3.05, 3.63) is 28.4 Å². The molecule has 0 aliphatic heterocycles. The van der Waals surface area contributed by atoms with E-state index in [0.29, 0.717) is 12.8 Å². The molecule has 1 heterocycles. The highest BCUT2D eigenvalue weighted by Gasteiger charge is 2.30. The highest BCUT2D eigenvalue weighted by Crippen LogP contribution is 2.25. The third kappa shape index (κ3) is 3.69. The Labute approximate surface area is 125 Å². The van der Waals surface area contributed by atoms with Crippen molar-refractivity contribution in [3.63, 3.8) is 0 Å². The number of alkyl halides is 1. The molecule has 122 valence electrons. The number of nitrogens with zero attached hydrogens (tertiary/aromatic N) is 1. The van der Waals surface area contributed by atoms with Crippen LogP contribution in [0.5, 0.6) is 0 Å². The molecule has 1 fully saturated rings. The number of hydrogen-bond donors (Lipinski definition) is 3. The van der Waals surface area contributed by atoms with Crippen LogP contribution in [0, 0.1) is 11.7 Å². The zero-order valence-electron chi connectivity index (χ0n) is 12.0. The number of carbonyl (C=O) groups is 1. The maximum atomic E-state index is 13.5. The Morgan fingerprint density at radius 3 is 2.86 bits per heavy atom. The minimum Gasteiger partial charge on any atom is -0.391 e. The van der Waals surface area contributed by atoms with Gasteiger partial charge < -0.3 is 20.7 Å². The number of aryl methyl sites for hydroxylation is 1. The molecule has 3 atom stereocenters. The van der Waals surface area contributed by atoms with Crippen molar-refractivity contribution in [1.29, 1.82) is 0 Å². The predicted octanol–water partition coefficient (Wildman–Crippen LogP) is 0.384. The Morgan fingerprint density at radius 1 is 1.50 bits per heavy atom. The Hall–Kier alpha value is -1.80. The van der Waals surface area contributed by atoms with Gasteiger partial charge in [0.15, 0.2) is 5.82 Å². The Morgan fingerprint density at radius 2 is 2.23 bits per heavy atom. The van der Waals surface area contributed by atoms with E-state index in [1.807, 2.05) is 0 Å². The fourth-order valence-electron chi connectivity index (χ4n) is 2.58. The second kappa shape index (κ2) is 6.97. The lowest BCUT2D eigenvalue weighted by Crippen LogP contribution is -2.43. The number of halogens is 2. The molecule has 1 aromatic heterocycles. The van der Waals surface area contributed by atoms with E-state index in [4.69, 9.17) is 5.73 Å². The van der Waals surface area contributed by atoms with E-state index >= 15 is 0 Å². The fourth-order valence-corrected chi connectivity index (χ4v) is 2.58. The molecule has 0 saturated heterocycles. The van der Waals surface area contributed by atoms with Gasteiger partial charge in [-0.3, -0.25) is 9.59 Å². The molecule has 22 heavy (non-hydrogen) atoms. The summed E-state index contributed by atoms with van der Waals surface area (Å²) in [4.78, 5) is 23.6. The van der Waals surface area contributed by atoms with Crippen molar-refractivity contribution in [2.45, 2.75) is 38.0 Å². The third-order valence-electron chi connectivity index (χ3n) is 3.87. The molecule has 1 aliphatic rings. The van der Waals surface area contributed by atoms with Gasteiger partial charge in [-0.2, -0.15) is 0 Å². The number of amides is 1. The van der Waals surface area contributed by atoms with E-state index in [1.165, 1.54) is 6.20 Å². The SMILES string of the molecule is NC1CCC(C(=O)Nc2cc(F)c(=O)n(CCF)c2)CC1O. The van der Waals surface area contributed by atoms with E-state index in [9.17, 15) is 23.5 Å². The summed E-state index contributed by atoms with van der Waals surface area (Å²) in [6, 6.07) is 0.563. The lowest BCUT2D eigenvalue weighted by Gasteiger charge is -2.29. The van der Waals surface area contributed by atoms with Crippen LogP contribution >= 0.6 is 0 Å². The number of hydrogen-bond acceptors (Lipinski definition) is 4. The minimum absolute atomic E-state index is 0.0833. The van der Waals surface area contributed by atoms with Crippen LogP contribution < -0.4 is 16.6 Å².